The lowest BCUT2D eigenvalue weighted by atomic mass is 10.0. The molecule has 1 aliphatic rings. The Kier molecular flexibility index (Phi) is 3.11. The topological polar surface area (TPSA) is 73.6 Å². The molecule has 0 aliphatic carbocycles. The van der Waals surface area contributed by atoms with Crippen LogP contribution < -0.4 is 9.64 Å². The number of aliphatic carboxylic acids is 1. The maximum Gasteiger partial charge on any atom is 0.307 e. The number of carbonyl (C=O) groups is 1. The zero-order valence-corrected chi connectivity index (χ0v) is 10.3. The fourth-order valence-corrected chi connectivity index (χ4v) is 2.08. The molecule has 1 aromatic rings. The summed E-state index contributed by atoms with van der Waals surface area (Å²) in [6, 6.07) is 7.16. The minimum Gasteiger partial charge on any atom is -0.486 e. The van der Waals surface area contributed by atoms with Crippen molar-refractivity contribution in [3.63, 3.8) is 0 Å². The molecule has 0 aromatic heterocycles. The maximum absolute atomic E-state index is 10.8. The number of anilines is 1. The van der Waals surface area contributed by atoms with Gasteiger partial charge in [-0.3, -0.25) is 4.79 Å². The van der Waals surface area contributed by atoms with E-state index in [1.807, 2.05) is 18.9 Å². The average molecular weight is 246 g/mol. The molecule has 0 radical (unpaired) electrons. The molecule has 0 saturated heterocycles. The van der Waals surface area contributed by atoms with Crippen LogP contribution in [0.2, 0.25) is 0 Å². The summed E-state index contributed by atoms with van der Waals surface area (Å²) in [5.41, 5.74) is 1.39. The first-order valence-corrected chi connectivity index (χ1v) is 5.68. The molecule has 0 fully saturated rings. The Bertz CT molecular complexity index is 521. The summed E-state index contributed by atoms with van der Waals surface area (Å²) in [5.74, 6) is -0.252. The minimum atomic E-state index is -0.877. The molecule has 2 atom stereocenters. The van der Waals surface area contributed by atoms with Gasteiger partial charge in [0.1, 0.15) is 11.9 Å². The number of carboxylic acid groups (broad SMARTS) is 1. The van der Waals surface area contributed by atoms with E-state index in [2.05, 4.69) is 6.07 Å². The van der Waals surface area contributed by atoms with Crippen LogP contribution in [0.15, 0.2) is 18.2 Å². The SMILES string of the molecule is CC1C(CC(=O)O)Oc2ccc(C#N)cc2N1C. The Balaban J connectivity index is 2.34. The van der Waals surface area contributed by atoms with Crippen molar-refractivity contribution in [3.8, 4) is 11.8 Å². The second kappa shape index (κ2) is 4.57. The van der Waals surface area contributed by atoms with Crippen LogP contribution in [-0.2, 0) is 4.79 Å². The van der Waals surface area contributed by atoms with Crippen LogP contribution in [0.5, 0.6) is 5.75 Å². The molecular formula is C13H14N2O3. The number of likely N-dealkylation sites (N-methyl/N-ethyl adjacent to an activating group) is 1. The highest BCUT2D eigenvalue weighted by Crippen LogP contribution is 2.36. The zero-order valence-electron chi connectivity index (χ0n) is 10.3. The van der Waals surface area contributed by atoms with Crippen molar-refractivity contribution in [3.05, 3.63) is 23.8 Å². The molecule has 0 amide bonds. The number of hydrogen-bond acceptors (Lipinski definition) is 4. The van der Waals surface area contributed by atoms with Crippen LogP contribution in [0, 0.1) is 11.3 Å². The van der Waals surface area contributed by atoms with Crippen LogP contribution in [-0.4, -0.2) is 30.3 Å². The molecular weight excluding hydrogens is 232 g/mol. The summed E-state index contributed by atoms with van der Waals surface area (Å²) in [6.45, 7) is 1.91. The van der Waals surface area contributed by atoms with Gasteiger partial charge in [0.2, 0.25) is 0 Å². The average Bonchev–Trinajstić information content (AvgIpc) is 2.35. The summed E-state index contributed by atoms with van der Waals surface area (Å²) in [6.07, 6.45) is -0.418. The molecule has 0 saturated carbocycles. The molecule has 18 heavy (non-hydrogen) atoms. The van der Waals surface area contributed by atoms with Gasteiger partial charge in [-0.25, -0.2) is 0 Å². The monoisotopic (exact) mass is 246 g/mol. The summed E-state index contributed by atoms with van der Waals surface area (Å²) in [7, 11) is 1.88. The first-order valence-electron chi connectivity index (χ1n) is 5.68. The summed E-state index contributed by atoms with van der Waals surface area (Å²) in [4.78, 5) is 12.7. The van der Waals surface area contributed by atoms with Gasteiger partial charge in [0, 0.05) is 7.05 Å². The predicted molar refractivity (Wildman–Crippen MR) is 65.7 cm³/mol. The van der Waals surface area contributed by atoms with Gasteiger partial charge in [-0.05, 0) is 25.1 Å². The molecule has 1 N–H and O–H groups in total. The molecule has 2 rings (SSSR count). The zero-order chi connectivity index (χ0) is 13.3. The molecule has 5 nitrogen and oxygen atoms in total. The fourth-order valence-electron chi connectivity index (χ4n) is 2.08. The standard InChI is InChI=1S/C13H14N2O3/c1-8-12(6-13(16)17)18-11-4-3-9(7-14)5-10(11)15(8)2/h3-5,8,12H,6H2,1-2H3,(H,16,17). The predicted octanol–water partition coefficient (Wildman–Crippen LogP) is 1.62. The van der Waals surface area contributed by atoms with Gasteiger partial charge in [0.05, 0.1) is 29.8 Å². The Hall–Kier alpha value is -2.22. The van der Waals surface area contributed by atoms with Crippen LogP contribution in [0.4, 0.5) is 5.69 Å². The lowest BCUT2D eigenvalue weighted by Crippen LogP contribution is -2.46. The van der Waals surface area contributed by atoms with Crippen LogP contribution >= 0.6 is 0 Å². The molecule has 5 heteroatoms. The van der Waals surface area contributed by atoms with Gasteiger partial charge in [-0.1, -0.05) is 0 Å². The first-order chi connectivity index (χ1) is 8.52. The van der Waals surface area contributed by atoms with Crippen molar-refractivity contribution >= 4 is 11.7 Å². The van der Waals surface area contributed by atoms with Gasteiger partial charge < -0.3 is 14.7 Å². The van der Waals surface area contributed by atoms with Crippen molar-refractivity contribution in [2.75, 3.05) is 11.9 Å². The smallest absolute Gasteiger partial charge is 0.307 e. The van der Waals surface area contributed by atoms with Crippen molar-refractivity contribution < 1.29 is 14.6 Å². The van der Waals surface area contributed by atoms with E-state index in [4.69, 9.17) is 15.1 Å². The van der Waals surface area contributed by atoms with E-state index in [1.54, 1.807) is 18.2 Å². The van der Waals surface area contributed by atoms with E-state index in [1.165, 1.54) is 0 Å². The van der Waals surface area contributed by atoms with E-state index in [0.29, 0.717) is 11.3 Å². The van der Waals surface area contributed by atoms with E-state index in [9.17, 15) is 4.79 Å². The maximum atomic E-state index is 10.8. The number of nitrogens with zero attached hydrogens (tertiary/aromatic N) is 2. The molecule has 94 valence electrons. The third-order valence-electron chi connectivity index (χ3n) is 3.27. The van der Waals surface area contributed by atoms with Crippen molar-refractivity contribution in [2.24, 2.45) is 0 Å². The number of rotatable bonds is 2. The number of ether oxygens (including phenoxy) is 1. The molecule has 1 aromatic carbocycles. The molecule has 1 aliphatic heterocycles. The Morgan fingerprint density at radius 3 is 2.94 bits per heavy atom. The van der Waals surface area contributed by atoms with Crippen LogP contribution in [0.1, 0.15) is 18.9 Å². The second-order valence-electron chi connectivity index (χ2n) is 4.40. The van der Waals surface area contributed by atoms with Crippen molar-refractivity contribution in [1.29, 1.82) is 5.26 Å². The second-order valence-corrected chi connectivity index (χ2v) is 4.40. The summed E-state index contributed by atoms with van der Waals surface area (Å²) >= 11 is 0. The van der Waals surface area contributed by atoms with Gasteiger partial charge >= 0.3 is 5.97 Å². The fraction of sp³-hybridized carbons (Fsp3) is 0.385. The lowest BCUT2D eigenvalue weighted by molar-refractivity contribution is -0.139. The van der Waals surface area contributed by atoms with Gasteiger partial charge in [-0.15, -0.1) is 0 Å². The molecule has 2 unspecified atom stereocenters. The van der Waals surface area contributed by atoms with Crippen LogP contribution in [0.25, 0.3) is 0 Å². The Labute approximate surface area is 105 Å². The van der Waals surface area contributed by atoms with Crippen LogP contribution in [0.3, 0.4) is 0 Å². The summed E-state index contributed by atoms with van der Waals surface area (Å²) in [5, 5.41) is 17.7. The Morgan fingerprint density at radius 1 is 1.61 bits per heavy atom. The van der Waals surface area contributed by atoms with Crippen molar-refractivity contribution in [1.82, 2.24) is 0 Å². The summed E-state index contributed by atoms with van der Waals surface area (Å²) < 4.78 is 5.69. The first kappa shape index (κ1) is 12.2. The third kappa shape index (κ3) is 2.09. The van der Waals surface area contributed by atoms with E-state index in [-0.39, 0.29) is 18.6 Å². The molecule has 0 spiro atoms. The van der Waals surface area contributed by atoms with Gasteiger partial charge in [-0.2, -0.15) is 5.26 Å². The normalized spacial score (nSPS) is 21.7. The number of carboxylic acids is 1. The largest absolute Gasteiger partial charge is 0.486 e. The van der Waals surface area contributed by atoms with Gasteiger partial charge in [0.15, 0.2) is 0 Å². The quantitative estimate of drug-likeness (QED) is 0.858. The van der Waals surface area contributed by atoms with E-state index in [0.717, 1.165) is 5.69 Å². The van der Waals surface area contributed by atoms with Crippen molar-refractivity contribution in [2.45, 2.75) is 25.5 Å². The number of benzene rings is 1. The van der Waals surface area contributed by atoms with E-state index >= 15 is 0 Å². The third-order valence-corrected chi connectivity index (χ3v) is 3.27. The molecule has 0 bridgehead atoms. The Morgan fingerprint density at radius 2 is 2.33 bits per heavy atom. The minimum absolute atomic E-state index is 0.0368. The highest BCUT2D eigenvalue weighted by molar-refractivity contribution is 5.69. The lowest BCUT2D eigenvalue weighted by Gasteiger charge is -2.39. The number of nitriles is 1. The number of hydrogen-bond donors (Lipinski definition) is 1. The van der Waals surface area contributed by atoms with Gasteiger partial charge in [0.25, 0.3) is 0 Å². The highest BCUT2D eigenvalue weighted by Gasteiger charge is 2.32. The highest BCUT2D eigenvalue weighted by atomic mass is 16.5. The van der Waals surface area contributed by atoms with E-state index < -0.39 is 5.97 Å². The number of fused-ring (bicyclic) bond motifs is 1. The molecule has 1 heterocycles.